The maximum absolute atomic E-state index is 13.2. The topological polar surface area (TPSA) is 9.23 Å². The van der Waals surface area contributed by atoms with Crippen LogP contribution in [0.25, 0.3) is 0 Å². The average Bonchev–Trinajstić information content (AvgIpc) is 2.18. The zero-order valence-corrected chi connectivity index (χ0v) is 8.18. The molecular formula is C11H12F2O. The van der Waals surface area contributed by atoms with Gasteiger partial charge in [0.1, 0.15) is 6.61 Å². The zero-order valence-electron chi connectivity index (χ0n) is 8.18. The second-order valence-electron chi connectivity index (χ2n) is 2.89. The highest BCUT2D eigenvalue weighted by molar-refractivity contribution is 5.30. The lowest BCUT2D eigenvalue weighted by atomic mass is 10.2. The van der Waals surface area contributed by atoms with Crippen LogP contribution in [0.3, 0.4) is 0 Å². The molecule has 0 radical (unpaired) electrons. The SMILES string of the molecule is CC=CCOc1ccc(C)c(F)c1F. The van der Waals surface area contributed by atoms with E-state index in [9.17, 15) is 8.78 Å². The van der Waals surface area contributed by atoms with E-state index in [4.69, 9.17) is 4.74 Å². The molecule has 0 unspecified atom stereocenters. The summed E-state index contributed by atoms with van der Waals surface area (Å²) in [5.74, 6) is -1.82. The van der Waals surface area contributed by atoms with Gasteiger partial charge in [0.15, 0.2) is 11.6 Å². The minimum absolute atomic E-state index is 0.0498. The lowest BCUT2D eigenvalue weighted by molar-refractivity contribution is 0.331. The van der Waals surface area contributed by atoms with E-state index in [1.165, 1.54) is 19.1 Å². The van der Waals surface area contributed by atoms with Gasteiger partial charge in [-0.15, -0.1) is 0 Å². The van der Waals surface area contributed by atoms with Gasteiger partial charge in [0.25, 0.3) is 0 Å². The van der Waals surface area contributed by atoms with Crippen LogP contribution >= 0.6 is 0 Å². The van der Waals surface area contributed by atoms with Crippen molar-refractivity contribution >= 4 is 0 Å². The molecule has 1 rings (SSSR count). The Morgan fingerprint density at radius 1 is 1.29 bits per heavy atom. The Morgan fingerprint density at radius 2 is 2.00 bits per heavy atom. The van der Waals surface area contributed by atoms with Crippen LogP contribution in [0.4, 0.5) is 8.78 Å². The summed E-state index contributed by atoms with van der Waals surface area (Å²) in [6, 6.07) is 2.92. The van der Waals surface area contributed by atoms with Crippen molar-refractivity contribution in [1.29, 1.82) is 0 Å². The van der Waals surface area contributed by atoms with E-state index in [1.807, 2.05) is 6.92 Å². The van der Waals surface area contributed by atoms with Gasteiger partial charge in [-0.3, -0.25) is 0 Å². The summed E-state index contributed by atoms with van der Waals surface area (Å²) in [5.41, 5.74) is 0.279. The first kappa shape index (κ1) is 10.7. The Kier molecular flexibility index (Phi) is 3.63. The van der Waals surface area contributed by atoms with Crippen LogP contribution in [0.5, 0.6) is 5.75 Å². The Labute approximate surface area is 82.0 Å². The van der Waals surface area contributed by atoms with Gasteiger partial charge in [-0.1, -0.05) is 18.2 Å². The molecular weight excluding hydrogens is 186 g/mol. The van der Waals surface area contributed by atoms with Crippen molar-refractivity contribution in [3.05, 3.63) is 41.5 Å². The third kappa shape index (κ3) is 2.31. The standard InChI is InChI=1S/C11H12F2O/c1-3-4-7-14-9-6-5-8(2)10(12)11(9)13/h3-6H,7H2,1-2H3. The van der Waals surface area contributed by atoms with Crippen LogP contribution in [-0.2, 0) is 0 Å². The Hall–Kier alpha value is -1.38. The molecule has 76 valence electrons. The molecule has 3 heteroatoms. The summed E-state index contributed by atoms with van der Waals surface area (Å²) in [4.78, 5) is 0. The zero-order chi connectivity index (χ0) is 10.6. The predicted molar refractivity (Wildman–Crippen MR) is 51.4 cm³/mol. The Bertz CT molecular complexity index is 345. The molecule has 0 heterocycles. The normalized spacial score (nSPS) is 10.9. The van der Waals surface area contributed by atoms with Crippen molar-refractivity contribution in [1.82, 2.24) is 0 Å². The summed E-state index contributed by atoms with van der Waals surface area (Å²) in [5, 5.41) is 0. The number of hydrogen-bond acceptors (Lipinski definition) is 1. The molecule has 0 spiro atoms. The molecule has 0 aliphatic rings. The van der Waals surface area contributed by atoms with Crippen molar-refractivity contribution < 1.29 is 13.5 Å². The van der Waals surface area contributed by atoms with Gasteiger partial charge in [0.2, 0.25) is 5.82 Å². The summed E-state index contributed by atoms with van der Waals surface area (Å²) in [7, 11) is 0. The Balaban J connectivity index is 2.83. The van der Waals surface area contributed by atoms with Gasteiger partial charge in [0, 0.05) is 0 Å². The van der Waals surface area contributed by atoms with Crippen LogP contribution in [-0.4, -0.2) is 6.61 Å². The second kappa shape index (κ2) is 4.74. The molecule has 0 saturated heterocycles. The first-order valence-electron chi connectivity index (χ1n) is 4.35. The van der Waals surface area contributed by atoms with E-state index < -0.39 is 11.6 Å². The minimum atomic E-state index is -0.922. The van der Waals surface area contributed by atoms with Crippen molar-refractivity contribution in [3.8, 4) is 5.75 Å². The fraction of sp³-hybridized carbons (Fsp3) is 0.273. The lowest BCUT2D eigenvalue weighted by Crippen LogP contribution is -1.99. The molecule has 0 N–H and O–H groups in total. The quantitative estimate of drug-likeness (QED) is 0.677. The van der Waals surface area contributed by atoms with E-state index in [2.05, 4.69) is 0 Å². The minimum Gasteiger partial charge on any atom is -0.486 e. The van der Waals surface area contributed by atoms with Gasteiger partial charge < -0.3 is 4.74 Å². The number of halogens is 2. The molecule has 0 fully saturated rings. The fourth-order valence-electron chi connectivity index (χ4n) is 0.974. The third-order valence-electron chi connectivity index (χ3n) is 1.81. The molecule has 0 aromatic heterocycles. The number of benzene rings is 1. The highest BCUT2D eigenvalue weighted by Gasteiger charge is 2.10. The van der Waals surface area contributed by atoms with Crippen LogP contribution in [0.15, 0.2) is 24.3 Å². The highest BCUT2D eigenvalue weighted by atomic mass is 19.2. The van der Waals surface area contributed by atoms with Crippen LogP contribution < -0.4 is 4.74 Å². The molecule has 0 bridgehead atoms. The van der Waals surface area contributed by atoms with Gasteiger partial charge in [-0.05, 0) is 25.5 Å². The van der Waals surface area contributed by atoms with E-state index >= 15 is 0 Å². The van der Waals surface area contributed by atoms with Gasteiger partial charge in [-0.25, -0.2) is 4.39 Å². The maximum Gasteiger partial charge on any atom is 0.200 e. The molecule has 0 atom stereocenters. The van der Waals surface area contributed by atoms with E-state index in [1.54, 1.807) is 12.2 Å². The number of allylic oxidation sites excluding steroid dienone is 1. The molecule has 1 nitrogen and oxygen atoms in total. The van der Waals surface area contributed by atoms with Crippen molar-refractivity contribution in [2.24, 2.45) is 0 Å². The Morgan fingerprint density at radius 3 is 2.64 bits per heavy atom. The van der Waals surface area contributed by atoms with E-state index in [0.29, 0.717) is 0 Å². The number of aryl methyl sites for hydroxylation is 1. The average molecular weight is 198 g/mol. The van der Waals surface area contributed by atoms with Crippen molar-refractivity contribution in [2.75, 3.05) is 6.61 Å². The summed E-state index contributed by atoms with van der Waals surface area (Å²) in [6.45, 7) is 3.58. The molecule has 1 aromatic carbocycles. The monoisotopic (exact) mass is 198 g/mol. The molecule has 0 aliphatic heterocycles. The largest absolute Gasteiger partial charge is 0.486 e. The summed E-state index contributed by atoms with van der Waals surface area (Å²) < 4.78 is 31.2. The van der Waals surface area contributed by atoms with E-state index in [0.717, 1.165) is 0 Å². The molecule has 14 heavy (non-hydrogen) atoms. The molecule has 0 aliphatic carbocycles. The number of rotatable bonds is 3. The van der Waals surface area contributed by atoms with Gasteiger partial charge >= 0.3 is 0 Å². The maximum atomic E-state index is 13.2. The molecule has 0 saturated carbocycles. The molecule has 1 aromatic rings. The van der Waals surface area contributed by atoms with Crippen LogP contribution in [0.1, 0.15) is 12.5 Å². The number of hydrogen-bond donors (Lipinski definition) is 0. The number of ether oxygens (including phenoxy) is 1. The van der Waals surface area contributed by atoms with E-state index in [-0.39, 0.29) is 17.9 Å². The predicted octanol–water partition coefficient (Wildman–Crippen LogP) is 3.23. The van der Waals surface area contributed by atoms with Gasteiger partial charge in [-0.2, -0.15) is 4.39 Å². The summed E-state index contributed by atoms with van der Waals surface area (Å²) >= 11 is 0. The van der Waals surface area contributed by atoms with Crippen molar-refractivity contribution in [2.45, 2.75) is 13.8 Å². The summed E-state index contributed by atoms with van der Waals surface area (Å²) in [6.07, 6.45) is 3.50. The van der Waals surface area contributed by atoms with Crippen molar-refractivity contribution in [3.63, 3.8) is 0 Å². The lowest BCUT2D eigenvalue weighted by Gasteiger charge is -2.06. The smallest absolute Gasteiger partial charge is 0.200 e. The van der Waals surface area contributed by atoms with Gasteiger partial charge in [0.05, 0.1) is 0 Å². The first-order chi connectivity index (χ1) is 6.66. The third-order valence-corrected chi connectivity index (χ3v) is 1.81. The van der Waals surface area contributed by atoms with Crippen LogP contribution in [0, 0.1) is 18.6 Å². The highest BCUT2D eigenvalue weighted by Crippen LogP contribution is 2.21. The van der Waals surface area contributed by atoms with Crippen LogP contribution in [0.2, 0.25) is 0 Å². The second-order valence-corrected chi connectivity index (χ2v) is 2.89. The fourth-order valence-corrected chi connectivity index (χ4v) is 0.974. The first-order valence-corrected chi connectivity index (χ1v) is 4.35. The molecule has 0 amide bonds.